The van der Waals surface area contributed by atoms with E-state index < -0.39 is 0 Å². The van der Waals surface area contributed by atoms with Crippen molar-refractivity contribution in [3.63, 3.8) is 0 Å². The Hall–Kier alpha value is 0.0190. The van der Waals surface area contributed by atoms with Crippen LogP contribution in [0.2, 0.25) is 0 Å². The fourth-order valence-corrected chi connectivity index (χ4v) is 7.81. The Bertz CT molecular complexity index is 489. The van der Waals surface area contributed by atoms with Gasteiger partial charge in [0, 0.05) is 0 Å². The molecular weight excluding hydrogens is 362 g/mol. The van der Waals surface area contributed by atoms with Crippen molar-refractivity contribution in [2.24, 2.45) is 0 Å². The summed E-state index contributed by atoms with van der Waals surface area (Å²) in [6.07, 6.45) is 0.757. The third-order valence-electron chi connectivity index (χ3n) is 2.97. The molecule has 2 unspecified atom stereocenters. The number of thioether (sulfide) groups is 1. The molecule has 3 rings (SSSR count). The van der Waals surface area contributed by atoms with Gasteiger partial charge in [-0.3, -0.25) is 0 Å². The van der Waals surface area contributed by atoms with E-state index in [0.29, 0.717) is 40.0 Å². The monoisotopic (exact) mass is 376 g/mol. The maximum absolute atomic E-state index is 12.2. The van der Waals surface area contributed by atoms with Crippen LogP contribution in [0.5, 0.6) is 0 Å². The summed E-state index contributed by atoms with van der Waals surface area (Å²) in [6.45, 7) is 0. The predicted molar refractivity (Wildman–Crippen MR) is 74.3 cm³/mol. The third kappa shape index (κ3) is 2.43. The van der Waals surface area contributed by atoms with Gasteiger partial charge in [0.1, 0.15) is 0 Å². The topological polar surface area (TPSA) is 17.1 Å². The predicted octanol–water partition coefficient (Wildman–Crippen LogP) is 2.33. The molecule has 2 atom stereocenters. The van der Waals surface area contributed by atoms with Crippen molar-refractivity contribution in [2.45, 2.75) is 17.6 Å². The number of ketones is 1. The van der Waals surface area contributed by atoms with E-state index in [-0.39, 0.29) is 5.92 Å². The molecule has 2 aromatic heterocycles. The first-order valence-corrected chi connectivity index (χ1v) is 10.3. The van der Waals surface area contributed by atoms with Gasteiger partial charge in [0.2, 0.25) is 0 Å². The number of hydrogen-bond acceptors (Lipinski definition) is 2. The summed E-state index contributed by atoms with van der Waals surface area (Å²) in [7, 11) is 0. The third-order valence-corrected chi connectivity index (χ3v) is 8.64. The van der Waals surface area contributed by atoms with Crippen LogP contribution in [0.25, 0.3) is 0 Å². The summed E-state index contributed by atoms with van der Waals surface area (Å²) < 4.78 is 2.90. The summed E-state index contributed by atoms with van der Waals surface area (Å²) in [4.78, 5) is 16.7. The molecule has 0 saturated carbocycles. The first-order chi connectivity index (χ1) is 8.36. The Kier molecular flexibility index (Phi) is 3.79. The molecule has 0 N–H and O–H groups in total. The Morgan fingerprint density at radius 1 is 1.12 bits per heavy atom. The standard InChI is InChI=1S/C13H12OSSe2/c14-9-5-6-15-13(11-4-2-8-17-11)12(9)10-3-1-7-16-10/h1-4,7-8,12-13H,5-6H2. The van der Waals surface area contributed by atoms with Crippen LogP contribution in [0.3, 0.4) is 0 Å². The van der Waals surface area contributed by atoms with Crippen LogP contribution in [-0.4, -0.2) is 40.5 Å². The molecule has 17 heavy (non-hydrogen) atoms. The van der Waals surface area contributed by atoms with Crippen molar-refractivity contribution >= 4 is 46.6 Å². The summed E-state index contributed by atoms with van der Waals surface area (Å²) in [5.74, 6) is 1.65. The van der Waals surface area contributed by atoms with Gasteiger partial charge in [0.25, 0.3) is 0 Å². The van der Waals surface area contributed by atoms with Gasteiger partial charge in [-0.05, 0) is 0 Å². The van der Waals surface area contributed by atoms with Crippen LogP contribution < -0.4 is 0 Å². The zero-order chi connectivity index (χ0) is 11.7. The van der Waals surface area contributed by atoms with E-state index in [9.17, 15) is 4.79 Å². The fourth-order valence-electron chi connectivity index (χ4n) is 2.18. The van der Waals surface area contributed by atoms with Crippen LogP contribution in [0, 0.1) is 0 Å². The zero-order valence-electron chi connectivity index (χ0n) is 9.17. The fraction of sp³-hybridized carbons (Fsp3) is 0.308. The normalized spacial score (nSPS) is 25.1. The van der Waals surface area contributed by atoms with Gasteiger partial charge in [-0.1, -0.05) is 0 Å². The second-order valence-electron chi connectivity index (χ2n) is 4.02. The van der Waals surface area contributed by atoms with Crippen molar-refractivity contribution in [1.82, 2.24) is 0 Å². The Balaban J connectivity index is 1.98. The second-order valence-corrected chi connectivity index (χ2v) is 9.37. The summed E-state index contributed by atoms with van der Waals surface area (Å²) >= 11 is 2.88. The number of carbonyl (C=O) groups excluding carboxylic acids is 1. The molecule has 0 aliphatic carbocycles. The number of hydrogen-bond donors (Lipinski definition) is 0. The van der Waals surface area contributed by atoms with E-state index in [1.165, 1.54) is 8.87 Å². The van der Waals surface area contributed by atoms with Crippen LogP contribution in [-0.2, 0) is 4.79 Å². The molecule has 3 heterocycles. The summed E-state index contributed by atoms with van der Waals surface area (Å²) in [5, 5.41) is 0.430. The number of Topliss-reactive ketones (excluding diaryl/α,β-unsaturated/α-hetero) is 1. The van der Waals surface area contributed by atoms with Gasteiger partial charge >= 0.3 is 118 Å². The van der Waals surface area contributed by atoms with Gasteiger partial charge in [-0.25, -0.2) is 0 Å². The molecule has 88 valence electrons. The molecule has 4 heteroatoms. The second kappa shape index (κ2) is 5.34. The van der Waals surface area contributed by atoms with E-state index in [4.69, 9.17) is 0 Å². The van der Waals surface area contributed by atoms with E-state index in [2.05, 4.69) is 34.1 Å². The van der Waals surface area contributed by atoms with E-state index in [1.54, 1.807) is 0 Å². The average molecular weight is 374 g/mol. The minimum atomic E-state index is 0.178. The molecule has 0 aromatic carbocycles. The SMILES string of the molecule is O=C1CCSC(c2ccc[se]2)C1c1ccc[se]1. The first-order valence-electron chi connectivity index (χ1n) is 5.57. The molecule has 1 saturated heterocycles. The average Bonchev–Trinajstić information content (AvgIpc) is 3.02. The van der Waals surface area contributed by atoms with Gasteiger partial charge in [-0.15, -0.1) is 0 Å². The van der Waals surface area contributed by atoms with E-state index >= 15 is 0 Å². The molecule has 1 aliphatic heterocycles. The molecule has 0 spiro atoms. The molecule has 0 radical (unpaired) electrons. The van der Waals surface area contributed by atoms with E-state index in [1.807, 2.05) is 11.8 Å². The van der Waals surface area contributed by atoms with Crippen molar-refractivity contribution in [3.05, 3.63) is 43.0 Å². The van der Waals surface area contributed by atoms with E-state index in [0.717, 1.165) is 12.2 Å². The Morgan fingerprint density at radius 3 is 2.47 bits per heavy atom. The van der Waals surface area contributed by atoms with Crippen LogP contribution in [0.1, 0.15) is 26.5 Å². The maximum atomic E-state index is 12.2. The van der Waals surface area contributed by atoms with Gasteiger partial charge in [0.15, 0.2) is 0 Å². The summed E-state index contributed by atoms with van der Waals surface area (Å²) in [6, 6.07) is 8.68. The molecule has 0 amide bonds. The van der Waals surface area contributed by atoms with Crippen molar-refractivity contribution in [1.29, 1.82) is 0 Å². The van der Waals surface area contributed by atoms with Gasteiger partial charge < -0.3 is 0 Å². The Labute approximate surface area is 117 Å². The minimum absolute atomic E-state index is 0.178. The van der Waals surface area contributed by atoms with Crippen LogP contribution in [0.15, 0.2) is 34.1 Å². The molecule has 0 bridgehead atoms. The molecule has 1 nitrogen and oxygen atoms in total. The quantitative estimate of drug-likeness (QED) is 0.751. The zero-order valence-corrected chi connectivity index (χ0v) is 13.4. The number of carbonyl (C=O) groups is 1. The van der Waals surface area contributed by atoms with Crippen molar-refractivity contribution in [3.8, 4) is 0 Å². The van der Waals surface area contributed by atoms with Crippen LogP contribution >= 0.6 is 11.8 Å². The molecule has 1 aliphatic rings. The van der Waals surface area contributed by atoms with Crippen molar-refractivity contribution in [2.75, 3.05) is 5.75 Å². The number of rotatable bonds is 2. The Morgan fingerprint density at radius 2 is 1.82 bits per heavy atom. The molecular formula is C13H12OSSe2. The van der Waals surface area contributed by atoms with Gasteiger partial charge in [-0.2, -0.15) is 0 Å². The first kappa shape index (κ1) is 12.1. The summed E-state index contributed by atoms with van der Waals surface area (Å²) in [5.41, 5.74) is 0. The van der Waals surface area contributed by atoms with Gasteiger partial charge in [0.05, 0.1) is 0 Å². The molecule has 2 aromatic rings. The van der Waals surface area contributed by atoms with Crippen LogP contribution in [0.4, 0.5) is 0 Å². The van der Waals surface area contributed by atoms with Crippen molar-refractivity contribution < 1.29 is 4.79 Å². The molecule has 1 fully saturated rings.